The van der Waals surface area contributed by atoms with Crippen LogP contribution in [0.3, 0.4) is 0 Å². The van der Waals surface area contributed by atoms with Crippen LogP contribution in [0.5, 0.6) is 0 Å². The molecule has 4 rings (SSSR count). The van der Waals surface area contributed by atoms with Gasteiger partial charge in [0.25, 0.3) is 0 Å². The number of carbonyl (C=O) groups excluding carboxylic acids is 1. The highest BCUT2D eigenvalue weighted by atomic mass is 32.1. The van der Waals surface area contributed by atoms with E-state index in [-0.39, 0.29) is 5.78 Å². The van der Waals surface area contributed by atoms with Gasteiger partial charge in [-0.1, -0.05) is 18.2 Å². The second-order valence-corrected chi connectivity index (χ2v) is 7.23. The summed E-state index contributed by atoms with van der Waals surface area (Å²) in [5.74, 6) is -0.112. The zero-order chi connectivity index (χ0) is 17.4. The summed E-state index contributed by atoms with van der Waals surface area (Å²) >= 11 is 1.29. The fourth-order valence-corrected chi connectivity index (χ4v) is 3.92. The molecule has 1 aliphatic rings. The molecule has 2 aromatic heterocycles. The highest BCUT2D eigenvalue weighted by Crippen LogP contribution is 2.25. The Labute approximate surface area is 149 Å². The van der Waals surface area contributed by atoms with Crippen LogP contribution in [0.4, 0.5) is 0 Å². The molecule has 0 saturated carbocycles. The number of aliphatic hydroxyl groups is 1. The number of aliphatic hydroxyl groups excluding tert-OH is 1. The first kappa shape index (κ1) is 16.4. The average molecular weight is 356 g/mol. The summed E-state index contributed by atoms with van der Waals surface area (Å²) in [6.45, 7) is 3.42. The number of para-hydroxylation sites is 1. The van der Waals surface area contributed by atoms with E-state index in [2.05, 4.69) is 21.9 Å². The summed E-state index contributed by atoms with van der Waals surface area (Å²) in [6.07, 6.45) is 0.972. The Morgan fingerprint density at radius 2 is 2.04 bits per heavy atom. The van der Waals surface area contributed by atoms with Gasteiger partial charge < -0.3 is 15.0 Å². The molecule has 0 amide bonds. The van der Waals surface area contributed by atoms with Crippen molar-refractivity contribution in [1.29, 1.82) is 0 Å². The average Bonchev–Trinajstić information content (AvgIpc) is 3.29. The number of hydrogen-bond acceptors (Lipinski definition) is 6. The normalized spacial score (nSPS) is 17.8. The van der Waals surface area contributed by atoms with Crippen molar-refractivity contribution in [3.8, 4) is 0 Å². The van der Waals surface area contributed by atoms with Gasteiger partial charge in [0.2, 0.25) is 5.78 Å². The van der Waals surface area contributed by atoms with Crippen LogP contribution in [0.15, 0.2) is 35.8 Å². The molecule has 7 heteroatoms. The molecule has 0 spiro atoms. The minimum atomic E-state index is -0.755. The van der Waals surface area contributed by atoms with E-state index in [9.17, 15) is 9.90 Å². The van der Waals surface area contributed by atoms with E-state index >= 15 is 0 Å². The molecule has 1 aliphatic heterocycles. The van der Waals surface area contributed by atoms with Gasteiger partial charge in [0.15, 0.2) is 11.2 Å². The van der Waals surface area contributed by atoms with Gasteiger partial charge in [0.05, 0.1) is 11.3 Å². The smallest absolute Gasteiger partial charge is 0.223 e. The SMILES string of the molecule is CN1CCN(C(O)c2csc(C(=O)c3c[nH]c4ccccc34)n2)CC1. The molecule has 0 radical (unpaired) electrons. The van der Waals surface area contributed by atoms with E-state index < -0.39 is 6.23 Å². The summed E-state index contributed by atoms with van der Waals surface area (Å²) in [7, 11) is 2.07. The number of ketones is 1. The molecule has 2 N–H and O–H groups in total. The third-order valence-corrected chi connectivity index (χ3v) is 5.56. The molecule has 25 heavy (non-hydrogen) atoms. The first-order chi connectivity index (χ1) is 12.1. The quantitative estimate of drug-likeness (QED) is 0.701. The van der Waals surface area contributed by atoms with E-state index in [1.807, 2.05) is 29.2 Å². The number of hydrogen-bond donors (Lipinski definition) is 2. The van der Waals surface area contributed by atoms with Crippen LogP contribution < -0.4 is 0 Å². The van der Waals surface area contributed by atoms with Gasteiger partial charge in [-0.15, -0.1) is 11.3 Å². The first-order valence-corrected chi connectivity index (χ1v) is 9.18. The van der Waals surface area contributed by atoms with Crippen molar-refractivity contribution in [1.82, 2.24) is 19.8 Å². The number of fused-ring (bicyclic) bond motifs is 1. The number of thiazole rings is 1. The zero-order valence-corrected chi connectivity index (χ0v) is 14.8. The molecule has 1 aromatic carbocycles. The van der Waals surface area contributed by atoms with E-state index in [1.54, 1.807) is 11.6 Å². The van der Waals surface area contributed by atoms with Crippen molar-refractivity contribution in [3.63, 3.8) is 0 Å². The Hall–Kier alpha value is -2.06. The van der Waals surface area contributed by atoms with Crippen LogP contribution in [0.2, 0.25) is 0 Å². The fraction of sp³-hybridized carbons (Fsp3) is 0.333. The molecule has 130 valence electrons. The van der Waals surface area contributed by atoms with Crippen LogP contribution in [-0.2, 0) is 0 Å². The summed E-state index contributed by atoms with van der Waals surface area (Å²) in [4.78, 5) is 24.6. The number of carbonyl (C=O) groups is 1. The number of H-pyrrole nitrogens is 1. The minimum Gasteiger partial charge on any atom is -0.372 e. The van der Waals surface area contributed by atoms with Crippen molar-refractivity contribution < 1.29 is 9.90 Å². The summed E-state index contributed by atoms with van der Waals surface area (Å²) in [6, 6.07) is 7.71. The monoisotopic (exact) mass is 356 g/mol. The molecular weight excluding hydrogens is 336 g/mol. The number of piperazine rings is 1. The topological polar surface area (TPSA) is 72.5 Å². The van der Waals surface area contributed by atoms with Gasteiger partial charge in [-0.05, 0) is 13.1 Å². The lowest BCUT2D eigenvalue weighted by Gasteiger charge is -2.34. The lowest BCUT2D eigenvalue weighted by atomic mass is 10.1. The van der Waals surface area contributed by atoms with Gasteiger partial charge in [-0.25, -0.2) is 4.98 Å². The van der Waals surface area contributed by atoms with Crippen LogP contribution in [0, 0.1) is 0 Å². The Morgan fingerprint density at radius 1 is 1.28 bits per heavy atom. The lowest BCUT2D eigenvalue weighted by molar-refractivity contribution is -0.0256. The van der Waals surface area contributed by atoms with Crippen molar-refractivity contribution in [2.75, 3.05) is 33.2 Å². The number of nitrogens with zero attached hydrogens (tertiary/aromatic N) is 3. The van der Waals surface area contributed by atoms with Crippen molar-refractivity contribution in [3.05, 3.63) is 52.1 Å². The van der Waals surface area contributed by atoms with Gasteiger partial charge in [0, 0.05) is 48.7 Å². The molecule has 3 heterocycles. The molecule has 1 saturated heterocycles. The molecule has 1 atom stereocenters. The Balaban J connectivity index is 1.55. The van der Waals surface area contributed by atoms with E-state index in [1.165, 1.54) is 11.3 Å². The van der Waals surface area contributed by atoms with Crippen LogP contribution in [-0.4, -0.2) is 63.9 Å². The number of rotatable bonds is 4. The Morgan fingerprint density at radius 3 is 2.84 bits per heavy atom. The summed E-state index contributed by atoms with van der Waals surface area (Å²) < 4.78 is 0. The number of benzene rings is 1. The van der Waals surface area contributed by atoms with Crippen molar-refractivity contribution >= 4 is 28.0 Å². The van der Waals surface area contributed by atoms with Gasteiger partial charge in [-0.3, -0.25) is 9.69 Å². The number of aromatic nitrogens is 2. The third-order valence-electron chi connectivity index (χ3n) is 4.70. The summed E-state index contributed by atoms with van der Waals surface area (Å²) in [5.41, 5.74) is 2.10. The number of likely N-dealkylation sites (N-methyl/N-ethyl adjacent to an activating group) is 1. The van der Waals surface area contributed by atoms with E-state index in [0.717, 1.165) is 37.1 Å². The Bertz CT molecular complexity index is 895. The predicted octanol–water partition coefficient (Wildman–Crippen LogP) is 2.09. The van der Waals surface area contributed by atoms with Gasteiger partial charge in [0.1, 0.15) is 0 Å². The van der Waals surface area contributed by atoms with Crippen LogP contribution in [0.25, 0.3) is 10.9 Å². The second kappa shape index (κ2) is 6.68. The summed E-state index contributed by atoms with van der Waals surface area (Å²) in [5, 5.41) is 13.6. The van der Waals surface area contributed by atoms with Crippen molar-refractivity contribution in [2.45, 2.75) is 6.23 Å². The third kappa shape index (κ3) is 3.11. The molecule has 6 nitrogen and oxygen atoms in total. The van der Waals surface area contributed by atoms with Gasteiger partial charge in [-0.2, -0.15) is 0 Å². The van der Waals surface area contributed by atoms with Crippen LogP contribution >= 0.6 is 11.3 Å². The molecule has 1 fully saturated rings. The first-order valence-electron chi connectivity index (χ1n) is 8.30. The maximum atomic E-state index is 12.8. The maximum Gasteiger partial charge on any atom is 0.223 e. The predicted molar refractivity (Wildman–Crippen MR) is 97.9 cm³/mol. The molecule has 0 aliphatic carbocycles. The zero-order valence-electron chi connectivity index (χ0n) is 14.0. The van der Waals surface area contributed by atoms with Crippen molar-refractivity contribution in [2.24, 2.45) is 0 Å². The highest BCUT2D eigenvalue weighted by molar-refractivity contribution is 7.12. The molecule has 3 aromatic rings. The highest BCUT2D eigenvalue weighted by Gasteiger charge is 2.25. The molecule has 0 bridgehead atoms. The van der Waals surface area contributed by atoms with Crippen LogP contribution in [0.1, 0.15) is 27.3 Å². The van der Waals surface area contributed by atoms with E-state index in [0.29, 0.717) is 16.3 Å². The molecular formula is C18H20N4O2S. The number of aromatic amines is 1. The fourth-order valence-electron chi connectivity index (χ4n) is 3.14. The largest absolute Gasteiger partial charge is 0.372 e. The minimum absolute atomic E-state index is 0.112. The standard InChI is InChI=1S/C18H20N4O2S/c1-21-6-8-22(9-7-21)18(24)15-11-25-17(20-15)16(23)13-10-19-14-5-3-2-4-12(13)14/h2-5,10-11,18-19,24H,6-9H2,1H3. The van der Waals surface area contributed by atoms with Gasteiger partial charge >= 0.3 is 0 Å². The second-order valence-electron chi connectivity index (χ2n) is 6.37. The Kier molecular flexibility index (Phi) is 4.39. The molecule has 1 unspecified atom stereocenters. The number of nitrogens with one attached hydrogen (secondary N) is 1. The van der Waals surface area contributed by atoms with E-state index in [4.69, 9.17) is 0 Å². The lowest BCUT2D eigenvalue weighted by Crippen LogP contribution is -2.46. The maximum absolute atomic E-state index is 12.8.